The normalized spacial score (nSPS) is 13.1. The number of carbonyl (C=O) groups is 1. The van der Waals surface area contributed by atoms with Crippen LogP contribution in [0.3, 0.4) is 0 Å². The number of rotatable bonds is 6. The molecule has 0 fully saturated rings. The minimum absolute atomic E-state index is 0.0386. The van der Waals surface area contributed by atoms with Crippen LogP contribution in [-0.4, -0.2) is 33.5 Å². The predicted octanol–water partition coefficient (Wildman–Crippen LogP) is 0.887. The first kappa shape index (κ1) is 16.5. The van der Waals surface area contributed by atoms with Crippen molar-refractivity contribution in [2.24, 2.45) is 0 Å². The van der Waals surface area contributed by atoms with Crippen LogP contribution in [0, 0.1) is 0 Å². The van der Waals surface area contributed by atoms with Crippen LogP contribution >= 0.6 is 0 Å². The van der Waals surface area contributed by atoms with E-state index in [4.69, 9.17) is 4.74 Å². The van der Waals surface area contributed by atoms with E-state index in [-0.39, 0.29) is 16.8 Å². The lowest BCUT2D eigenvalue weighted by Crippen LogP contribution is -2.40. The van der Waals surface area contributed by atoms with Gasteiger partial charge in [-0.2, -0.15) is 0 Å². The van der Waals surface area contributed by atoms with Crippen LogP contribution in [0.4, 0.5) is 0 Å². The number of carbonyl (C=O) groups excluding carboxylic acids is 1. The number of ether oxygens (including phenoxy) is 1. The molecule has 0 radical (unpaired) electrons. The molecule has 20 heavy (non-hydrogen) atoms. The summed E-state index contributed by atoms with van der Waals surface area (Å²) >= 11 is 0. The largest absolute Gasteiger partial charge is 0.481 e. The summed E-state index contributed by atoms with van der Waals surface area (Å²) in [6, 6.07) is 5.92. The maximum Gasteiger partial charge on any atom is 0.260 e. The average molecular weight is 300 g/mol. The van der Waals surface area contributed by atoms with Crippen molar-refractivity contribution in [2.45, 2.75) is 37.8 Å². The minimum atomic E-state index is -3.46. The molecule has 0 unspecified atom stereocenters. The number of nitrogens with one attached hydrogen (secondary N) is 2. The summed E-state index contributed by atoms with van der Waals surface area (Å²) in [6.45, 7) is 5.36. The molecule has 0 aliphatic heterocycles. The lowest BCUT2D eigenvalue weighted by molar-refractivity contribution is -0.127. The SMILES string of the molecule is CNS(=O)(=O)c1ccc(O[C@H](C)C(=O)NC(C)C)cc1. The molecule has 0 bridgehead atoms. The molecular weight excluding hydrogens is 280 g/mol. The molecule has 0 saturated heterocycles. The fourth-order valence-corrected chi connectivity index (χ4v) is 2.20. The maximum atomic E-state index is 11.7. The number of amides is 1. The third-order valence-electron chi connectivity index (χ3n) is 2.52. The van der Waals surface area contributed by atoms with Crippen molar-refractivity contribution >= 4 is 15.9 Å². The lowest BCUT2D eigenvalue weighted by atomic mass is 10.3. The highest BCUT2D eigenvalue weighted by atomic mass is 32.2. The number of hydrogen-bond acceptors (Lipinski definition) is 4. The van der Waals surface area contributed by atoms with Gasteiger partial charge in [-0.05, 0) is 52.1 Å². The van der Waals surface area contributed by atoms with Crippen molar-refractivity contribution in [1.82, 2.24) is 10.0 Å². The van der Waals surface area contributed by atoms with Gasteiger partial charge < -0.3 is 10.1 Å². The Morgan fingerprint density at radius 3 is 2.15 bits per heavy atom. The summed E-state index contributed by atoms with van der Waals surface area (Å²) in [5.74, 6) is 0.221. The predicted molar refractivity (Wildman–Crippen MR) is 76.1 cm³/mol. The van der Waals surface area contributed by atoms with Gasteiger partial charge in [-0.3, -0.25) is 4.79 Å². The van der Waals surface area contributed by atoms with E-state index in [1.54, 1.807) is 6.92 Å². The molecule has 0 aliphatic carbocycles. The van der Waals surface area contributed by atoms with Gasteiger partial charge in [0.15, 0.2) is 6.10 Å². The van der Waals surface area contributed by atoms with E-state index in [0.717, 1.165) is 0 Å². The van der Waals surface area contributed by atoms with Crippen molar-refractivity contribution in [3.05, 3.63) is 24.3 Å². The van der Waals surface area contributed by atoms with E-state index in [0.29, 0.717) is 5.75 Å². The molecule has 1 aromatic rings. The number of sulfonamides is 1. The van der Waals surface area contributed by atoms with E-state index >= 15 is 0 Å². The smallest absolute Gasteiger partial charge is 0.260 e. The Hall–Kier alpha value is -1.60. The molecule has 112 valence electrons. The zero-order chi connectivity index (χ0) is 15.3. The quantitative estimate of drug-likeness (QED) is 0.817. The molecule has 0 spiro atoms. The van der Waals surface area contributed by atoms with Gasteiger partial charge in [0.1, 0.15) is 5.75 Å². The molecule has 1 aromatic carbocycles. The van der Waals surface area contributed by atoms with Crippen molar-refractivity contribution < 1.29 is 17.9 Å². The van der Waals surface area contributed by atoms with Crippen LogP contribution in [0.1, 0.15) is 20.8 Å². The van der Waals surface area contributed by atoms with Crippen molar-refractivity contribution in [3.8, 4) is 5.75 Å². The van der Waals surface area contributed by atoms with Gasteiger partial charge >= 0.3 is 0 Å². The second-order valence-corrected chi connectivity index (χ2v) is 6.49. The van der Waals surface area contributed by atoms with Gasteiger partial charge in [-0.25, -0.2) is 13.1 Å². The van der Waals surface area contributed by atoms with E-state index in [1.165, 1.54) is 31.3 Å². The average Bonchev–Trinajstić information content (AvgIpc) is 2.38. The van der Waals surface area contributed by atoms with Crippen LogP contribution in [0.25, 0.3) is 0 Å². The molecule has 0 saturated carbocycles. The lowest BCUT2D eigenvalue weighted by Gasteiger charge is -2.16. The molecule has 0 heterocycles. The molecule has 1 atom stereocenters. The first-order valence-corrected chi connectivity index (χ1v) is 7.75. The first-order chi connectivity index (χ1) is 9.26. The summed E-state index contributed by atoms with van der Waals surface area (Å²) < 4.78 is 30.8. The molecule has 7 heteroatoms. The van der Waals surface area contributed by atoms with Crippen molar-refractivity contribution in [1.29, 1.82) is 0 Å². The zero-order valence-electron chi connectivity index (χ0n) is 12.0. The third-order valence-corrected chi connectivity index (χ3v) is 3.95. The summed E-state index contributed by atoms with van der Waals surface area (Å²) in [6.07, 6.45) is -0.649. The topological polar surface area (TPSA) is 84.5 Å². The standard InChI is InChI=1S/C13H20N2O4S/c1-9(2)15-13(16)10(3)19-11-5-7-12(8-6-11)20(17,18)14-4/h5-10,14H,1-4H3,(H,15,16)/t10-/m1/s1. The Morgan fingerprint density at radius 1 is 1.15 bits per heavy atom. The summed E-state index contributed by atoms with van der Waals surface area (Å²) in [4.78, 5) is 11.8. The fourth-order valence-electron chi connectivity index (χ4n) is 1.47. The molecule has 0 aliphatic rings. The molecule has 0 aromatic heterocycles. The Balaban J connectivity index is 2.73. The molecular formula is C13H20N2O4S. The Kier molecular flexibility index (Phi) is 5.52. The zero-order valence-corrected chi connectivity index (χ0v) is 12.8. The monoisotopic (exact) mass is 300 g/mol. The summed E-state index contributed by atoms with van der Waals surface area (Å²) in [5.41, 5.74) is 0. The second-order valence-electron chi connectivity index (χ2n) is 4.60. The highest BCUT2D eigenvalue weighted by molar-refractivity contribution is 7.89. The maximum absolute atomic E-state index is 11.7. The van der Waals surface area contributed by atoms with E-state index in [2.05, 4.69) is 10.0 Å². The third kappa shape index (κ3) is 4.50. The van der Waals surface area contributed by atoms with Crippen LogP contribution in [0.15, 0.2) is 29.2 Å². The van der Waals surface area contributed by atoms with Crippen molar-refractivity contribution in [2.75, 3.05) is 7.05 Å². The minimum Gasteiger partial charge on any atom is -0.481 e. The molecule has 1 rings (SSSR count). The summed E-state index contributed by atoms with van der Waals surface area (Å²) in [7, 11) is -2.12. The Labute approximate surface area is 119 Å². The highest BCUT2D eigenvalue weighted by Gasteiger charge is 2.16. The number of benzene rings is 1. The summed E-state index contributed by atoms with van der Waals surface area (Å²) in [5, 5.41) is 2.74. The van der Waals surface area contributed by atoms with E-state index in [1.807, 2.05) is 13.8 Å². The van der Waals surface area contributed by atoms with Crippen LogP contribution < -0.4 is 14.8 Å². The van der Waals surface area contributed by atoms with Gasteiger partial charge in [0.05, 0.1) is 4.90 Å². The fraction of sp³-hybridized carbons (Fsp3) is 0.462. The molecule has 6 nitrogen and oxygen atoms in total. The van der Waals surface area contributed by atoms with Crippen LogP contribution in [0.5, 0.6) is 5.75 Å². The van der Waals surface area contributed by atoms with Gasteiger partial charge in [0, 0.05) is 6.04 Å². The molecule has 1 amide bonds. The van der Waals surface area contributed by atoms with Gasteiger partial charge in [-0.15, -0.1) is 0 Å². The van der Waals surface area contributed by atoms with Gasteiger partial charge in [0.2, 0.25) is 10.0 Å². The van der Waals surface area contributed by atoms with E-state index < -0.39 is 16.1 Å². The Morgan fingerprint density at radius 2 is 1.70 bits per heavy atom. The second kappa shape index (κ2) is 6.71. The van der Waals surface area contributed by atoms with Gasteiger partial charge in [-0.1, -0.05) is 0 Å². The highest BCUT2D eigenvalue weighted by Crippen LogP contribution is 2.16. The number of hydrogen-bond donors (Lipinski definition) is 2. The van der Waals surface area contributed by atoms with E-state index in [9.17, 15) is 13.2 Å². The Bertz CT molecular complexity index is 552. The first-order valence-electron chi connectivity index (χ1n) is 6.27. The van der Waals surface area contributed by atoms with Crippen LogP contribution in [-0.2, 0) is 14.8 Å². The van der Waals surface area contributed by atoms with Gasteiger partial charge in [0.25, 0.3) is 5.91 Å². The molecule has 2 N–H and O–H groups in total. The van der Waals surface area contributed by atoms with Crippen LogP contribution in [0.2, 0.25) is 0 Å². The van der Waals surface area contributed by atoms with Crippen molar-refractivity contribution in [3.63, 3.8) is 0 Å².